The van der Waals surface area contributed by atoms with E-state index in [1.165, 1.54) is 30.2 Å². The molecule has 2 heterocycles. The third-order valence-electron chi connectivity index (χ3n) is 4.64. The zero-order valence-electron chi connectivity index (χ0n) is 14.0. The largest absolute Gasteiger partial charge is 0.396 e. The van der Waals surface area contributed by atoms with Crippen LogP contribution >= 0.6 is 0 Å². The van der Waals surface area contributed by atoms with E-state index in [0.29, 0.717) is 6.04 Å². The van der Waals surface area contributed by atoms with Crippen molar-refractivity contribution in [2.75, 3.05) is 24.6 Å². The Morgan fingerprint density at radius 2 is 2.00 bits per heavy atom. The maximum absolute atomic E-state index is 9.07. The van der Waals surface area contributed by atoms with Crippen LogP contribution in [0.2, 0.25) is 0 Å². The number of aromatic nitrogens is 1. The summed E-state index contributed by atoms with van der Waals surface area (Å²) >= 11 is 0. The first-order valence-corrected chi connectivity index (χ1v) is 8.76. The number of nitrogens with zero attached hydrogens (tertiary/aromatic N) is 2. The fourth-order valence-corrected chi connectivity index (χ4v) is 3.24. The van der Waals surface area contributed by atoms with Crippen molar-refractivity contribution in [3.8, 4) is 0 Å². The summed E-state index contributed by atoms with van der Waals surface area (Å²) < 4.78 is 0. The zero-order valence-corrected chi connectivity index (χ0v) is 14.0. The normalized spacial score (nSPS) is 16.7. The van der Waals surface area contributed by atoms with E-state index in [1.54, 1.807) is 0 Å². The Kier molecular flexibility index (Phi) is 5.47. The summed E-state index contributed by atoms with van der Waals surface area (Å²) in [5.74, 6) is 1.13. The molecule has 1 saturated heterocycles. The van der Waals surface area contributed by atoms with Gasteiger partial charge in [0.2, 0.25) is 0 Å². The summed E-state index contributed by atoms with van der Waals surface area (Å²) in [4.78, 5) is 7.39. The van der Waals surface area contributed by atoms with Crippen LogP contribution in [-0.2, 0) is 6.54 Å². The number of fused-ring (bicyclic) bond motifs is 1. The first-order chi connectivity index (χ1) is 11.3. The average Bonchev–Trinajstić information content (AvgIpc) is 2.60. The minimum atomic E-state index is 0.225. The van der Waals surface area contributed by atoms with E-state index in [9.17, 15) is 0 Å². The molecule has 1 atom stereocenters. The van der Waals surface area contributed by atoms with E-state index in [2.05, 4.69) is 47.5 Å². The lowest BCUT2D eigenvalue weighted by Gasteiger charge is -2.30. The van der Waals surface area contributed by atoms with Crippen LogP contribution in [0, 0.1) is 0 Å². The molecule has 1 aromatic carbocycles. The van der Waals surface area contributed by atoms with E-state index in [4.69, 9.17) is 10.1 Å². The van der Waals surface area contributed by atoms with Crippen molar-refractivity contribution < 1.29 is 5.11 Å². The molecule has 3 rings (SSSR count). The molecule has 2 N–H and O–H groups in total. The van der Waals surface area contributed by atoms with Crippen molar-refractivity contribution in [3.63, 3.8) is 0 Å². The van der Waals surface area contributed by atoms with Gasteiger partial charge < -0.3 is 15.3 Å². The highest BCUT2D eigenvalue weighted by Gasteiger charge is 2.17. The van der Waals surface area contributed by atoms with Gasteiger partial charge >= 0.3 is 0 Å². The summed E-state index contributed by atoms with van der Waals surface area (Å²) in [5, 5.41) is 13.8. The predicted molar refractivity (Wildman–Crippen MR) is 95.8 cm³/mol. The van der Waals surface area contributed by atoms with Crippen molar-refractivity contribution in [2.45, 2.75) is 45.2 Å². The summed E-state index contributed by atoms with van der Waals surface area (Å²) in [7, 11) is 0. The number of nitrogens with one attached hydrogen (secondary N) is 1. The van der Waals surface area contributed by atoms with Crippen LogP contribution in [0.5, 0.6) is 0 Å². The smallest absolute Gasteiger partial charge is 0.133 e. The Balaban J connectivity index is 1.88. The molecule has 124 valence electrons. The molecule has 1 aromatic heterocycles. The molecule has 1 aliphatic rings. The minimum Gasteiger partial charge on any atom is -0.396 e. The van der Waals surface area contributed by atoms with Gasteiger partial charge in [-0.3, -0.25) is 0 Å². The number of hydrogen-bond donors (Lipinski definition) is 2. The van der Waals surface area contributed by atoms with E-state index in [-0.39, 0.29) is 6.61 Å². The van der Waals surface area contributed by atoms with Gasteiger partial charge in [0.05, 0.1) is 5.52 Å². The van der Waals surface area contributed by atoms with Gasteiger partial charge in [-0.25, -0.2) is 4.98 Å². The van der Waals surface area contributed by atoms with E-state index >= 15 is 0 Å². The summed E-state index contributed by atoms with van der Waals surface area (Å²) in [5.41, 5.74) is 2.33. The molecule has 23 heavy (non-hydrogen) atoms. The van der Waals surface area contributed by atoms with Crippen molar-refractivity contribution >= 4 is 16.7 Å². The summed E-state index contributed by atoms with van der Waals surface area (Å²) in [6.07, 6.45) is 4.61. The molecule has 1 fully saturated rings. The first-order valence-electron chi connectivity index (χ1n) is 8.76. The second-order valence-electron chi connectivity index (χ2n) is 6.51. The predicted octanol–water partition coefficient (Wildman–Crippen LogP) is 3.09. The highest BCUT2D eigenvalue weighted by Crippen LogP contribution is 2.26. The SMILES string of the molecule is CC(CCO)NCc1cc2ccccc2nc1N1CCCCC1. The number of anilines is 1. The van der Waals surface area contributed by atoms with Crippen LogP contribution in [0.1, 0.15) is 38.2 Å². The fraction of sp³-hybridized carbons (Fsp3) is 0.526. The highest BCUT2D eigenvalue weighted by atomic mass is 16.3. The molecule has 0 radical (unpaired) electrons. The number of rotatable bonds is 6. The molecule has 0 amide bonds. The van der Waals surface area contributed by atoms with Crippen LogP contribution in [0.25, 0.3) is 10.9 Å². The highest BCUT2D eigenvalue weighted by molar-refractivity contribution is 5.81. The van der Waals surface area contributed by atoms with Gasteiger partial charge in [0.15, 0.2) is 0 Å². The van der Waals surface area contributed by atoms with Crippen LogP contribution in [0.3, 0.4) is 0 Å². The van der Waals surface area contributed by atoms with Gasteiger partial charge in [-0.15, -0.1) is 0 Å². The average molecular weight is 313 g/mol. The number of para-hydroxylation sites is 1. The van der Waals surface area contributed by atoms with Crippen LogP contribution in [-0.4, -0.2) is 35.8 Å². The summed E-state index contributed by atoms with van der Waals surface area (Å²) in [6.45, 7) is 5.34. The number of pyridine rings is 1. The van der Waals surface area contributed by atoms with Crippen molar-refractivity contribution in [1.82, 2.24) is 10.3 Å². The number of hydrogen-bond acceptors (Lipinski definition) is 4. The molecule has 0 spiro atoms. The monoisotopic (exact) mass is 313 g/mol. The fourth-order valence-electron chi connectivity index (χ4n) is 3.24. The van der Waals surface area contributed by atoms with Crippen molar-refractivity contribution in [3.05, 3.63) is 35.9 Å². The topological polar surface area (TPSA) is 48.4 Å². The molecule has 0 bridgehead atoms. The standard InChI is InChI=1S/C19H27N3O/c1-15(9-12-23)20-14-17-13-16-7-3-4-8-18(16)21-19(17)22-10-5-2-6-11-22/h3-4,7-8,13,15,20,23H,2,5-6,9-12,14H2,1H3. The van der Waals surface area contributed by atoms with Gasteiger partial charge in [0, 0.05) is 43.2 Å². The lowest BCUT2D eigenvalue weighted by Crippen LogP contribution is -2.33. The first kappa shape index (κ1) is 16.2. The van der Waals surface area contributed by atoms with Gasteiger partial charge in [0.1, 0.15) is 5.82 Å². The Morgan fingerprint density at radius 1 is 1.22 bits per heavy atom. The van der Waals surface area contributed by atoms with E-state index < -0.39 is 0 Å². The lowest BCUT2D eigenvalue weighted by molar-refractivity contribution is 0.268. The Bertz CT molecular complexity index is 638. The van der Waals surface area contributed by atoms with Gasteiger partial charge in [-0.2, -0.15) is 0 Å². The summed E-state index contributed by atoms with van der Waals surface area (Å²) in [6, 6.07) is 10.9. The minimum absolute atomic E-state index is 0.225. The molecule has 1 unspecified atom stereocenters. The Hall–Kier alpha value is -1.65. The molecule has 4 nitrogen and oxygen atoms in total. The zero-order chi connectivity index (χ0) is 16.1. The van der Waals surface area contributed by atoms with Crippen molar-refractivity contribution in [1.29, 1.82) is 0 Å². The molecular formula is C19H27N3O. The Labute approximate surface area is 138 Å². The third kappa shape index (κ3) is 4.01. The molecule has 1 aliphatic heterocycles. The second-order valence-corrected chi connectivity index (χ2v) is 6.51. The number of benzene rings is 1. The quantitative estimate of drug-likeness (QED) is 0.860. The second kappa shape index (κ2) is 7.75. The number of aliphatic hydroxyl groups excluding tert-OH is 1. The Morgan fingerprint density at radius 3 is 2.78 bits per heavy atom. The van der Waals surface area contributed by atoms with Gasteiger partial charge in [0.25, 0.3) is 0 Å². The molecule has 2 aromatic rings. The van der Waals surface area contributed by atoms with Crippen LogP contribution in [0.4, 0.5) is 5.82 Å². The number of piperidine rings is 1. The maximum atomic E-state index is 9.07. The molecule has 0 saturated carbocycles. The molecule has 0 aliphatic carbocycles. The van der Waals surface area contributed by atoms with Gasteiger partial charge in [-0.05, 0) is 44.7 Å². The molecular weight excluding hydrogens is 286 g/mol. The third-order valence-corrected chi connectivity index (χ3v) is 4.64. The molecule has 4 heteroatoms. The van der Waals surface area contributed by atoms with E-state index in [0.717, 1.165) is 37.4 Å². The van der Waals surface area contributed by atoms with Crippen LogP contribution in [0.15, 0.2) is 30.3 Å². The maximum Gasteiger partial charge on any atom is 0.133 e. The number of aliphatic hydroxyl groups is 1. The lowest BCUT2D eigenvalue weighted by atomic mass is 10.1. The van der Waals surface area contributed by atoms with Crippen LogP contribution < -0.4 is 10.2 Å². The van der Waals surface area contributed by atoms with Crippen molar-refractivity contribution in [2.24, 2.45) is 0 Å². The van der Waals surface area contributed by atoms with E-state index in [1.807, 2.05) is 0 Å². The van der Waals surface area contributed by atoms with Gasteiger partial charge in [-0.1, -0.05) is 18.2 Å².